The standard InChI is InChI=1S/C17H19N5O2/c1-20-15-5-6-21(9-13(15)8-16(20)23)17(24)12-3-2-4-14(7-12)22-10-18-19-11-22/h2-4,7,10-11,13,15H,5-6,8-9H2,1H3/t13-,15+/m1/s1. The SMILES string of the molecule is CN1C(=O)C[C@@H]2CN(C(=O)c3cccc(-n4cnnc4)c3)CC[C@@H]21. The van der Waals surface area contributed by atoms with E-state index in [9.17, 15) is 9.59 Å². The van der Waals surface area contributed by atoms with Crippen molar-refractivity contribution in [1.82, 2.24) is 24.6 Å². The minimum atomic E-state index is 0.0189. The Morgan fingerprint density at radius 2 is 2.04 bits per heavy atom. The van der Waals surface area contributed by atoms with Crippen molar-refractivity contribution < 1.29 is 9.59 Å². The lowest BCUT2D eigenvalue weighted by Gasteiger charge is -2.36. The van der Waals surface area contributed by atoms with Crippen molar-refractivity contribution in [1.29, 1.82) is 0 Å². The van der Waals surface area contributed by atoms with E-state index in [1.807, 2.05) is 41.1 Å². The molecular weight excluding hydrogens is 306 g/mol. The van der Waals surface area contributed by atoms with E-state index >= 15 is 0 Å². The fraction of sp³-hybridized carbons (Fsp3) is 0.412. The van der Waals surface area contributed by atoms with Gasteiger partial charge in [0.1, 0.15) is 12.7 Å². The monoisotopic (exact) mass is 325 g/mol. The summed E-state index contributed by atoms with van der Waals surface area (Å²) in [5, 5.41) is 7.59. The second-order valence-electron chi connectivity index (χ2n) is 6.50. The molecule has 7 heteroatoms. The first-order valence-corrected chi connectivity index (χ1v) is 8.13. The quantitative estimate of drug-likeness (QED) is 0.824. The van der Waals surface area contributed by atoms with Gasteiger partial charge in [-0.25, -0.2) is 0 Å². The first kappa shape index (κ1) is 14.9. The van der Waals surface area contributed by atoms with Crippen molar-refractivity contribution in [2.24, 2.45) is 5.92 Å². The number of aromatic nitrogens is 3. The van der Waals surface area contributed by atoms with Crippen LogP contribution in [0.2, 0.25) is 0 Å². The Hall–Kier alpha value is -2.70. The van der Waals surface area contributed by atoms with Crippen molar-refractivity contribution in [2.45, 2.75) is 18.9 Å². The molecule has 2 fully saturated rings. The Balaban J connectivity index is 1.53. The van der Waals surface area contributed by atoms with E-state index in [4.69, 9.17) is 0 Å². The van der Waals surface area contributed by atoms with Crippen LogP contribution in [0.4, 0.5) is 0 Å². The summed E-state index contributed by atoms with van der Waals surface area (Å²) in [5.41, 5.74) is 1.51. The molecule has 2 amide bonds. The third kappa shape index (κ3) is 2.46. The third-order valence-corrected chi connectivity index (χ3v) is 5.12. The molecule has 1 aromatic carbocycles. The largest absolute Gasteiger partial charge is 0.342 e. The van der Waals surface area contributed by atoms with Gasteiger partial charge in [-0.2, -0.15) is 0 Å². The fourth-order valence-corrected chi connectivity index (χ4v) is 3.78. The van der Waals surface area contributed by atoms with E-state index in [1.54, 1.807) is 17.2 Å². The summed E-state index contributed by atoms with van der Waals surface area (Å²) in [6, 6.07) is 7.74. The van der Waals surface area contributed by atoms with Gasteiger partial charge in [0.25, 0.3) is 5.91 Å². The first-order valence-electron chi connectivity index (χ1n) is 8.13. The molecule has 2 aliphatic heterocycles. The molecule has 24 heavy (non-hydrogen) atoms. The lowest BCUT2D eigenvalue weighted by Crippen LogP contribution is -2.47. The van der Waals surface area contributed by atoms with E-state index in [-0.39, 0.29) is 23.8 Å². The molecule has 124 valence electrons. The minimum Gasteiger partial charge on any atom is -0.342 e. The van der Waals surface area contributed by atoms with E-state index in [0.717, 1.165) is 12.1 Å². The molecule has 2 aromatic rings. The van der Waals surface area contributed by atoms with E-state index in [0.29, 0.717) is 25.1 Å². The van der Waals surface area contributed by atoms with Gasteiger partial charge in [-0.3, -0.25) is 14.2 Å². The van der Waals surface area contributed by atoms with Crippen LogP contribution in [0.25, 0.3) is 5.69 Å². The molecular formula is C17H19N5O2. The number of hydrogen-bond acceptors (Lipinski definition) is 4. The van der Waals surface area contributed by atoms with Crippen LogP contribution in [0.5, 0.6) is 0 Å². The lowest BCUT2D eigenvalue weighted by molar-refractivity contribution is -0.127. The maximum absolute atomic E-state index is 12.9. The highest BCUT2D eigenvalue weighted by molar-refractivity contribution is 5.95. The zero-order valence-corrected chi connectivity index (χ0v) is 13.5. The Bertz CT molecular complexity index is 773. The van der Waals surface area contributed by atoms with Crippen molar-refractivity contribution in [2.75, 3.05) is 20.1 Å². The summed E-state index contributed by atoms with van der Waals surface area (Å²) in [6.07, 6.45) is 4.61. The van der Waals surface area contributed by atoms with Crippen LogP contribution in [0.3, 0.4) is 0 Å². The highest BCUT2D eigenvalue weighted by atomic mass is 16.2. The molecule has 2 atom stereocenters. The van der Waals surface area contributed by atoms with Gasteiger partial charge in [0.05, 0.1) is 0 Å². The van der Waals surface area contributed by atoms with Crippen LogP contribution in [0.15, 0.2) is 36.9 Å². The Kier molecular flexibility index (Phi) is 3.55. The Labute approximate surface area is 139 Å². The lowest BCUT2D eigenvalue weighted by atomic mass is 9.92. The molecule has 1 aromatic heterocycles. The minimum absolute atomic E-state index is 0.0189. The van der Waals surface area contributed by atoms with Crippen molar-refractivity contribution in [3.05, 3.63) is 42.5 Å². The van der Waals surface area contributed by atoms with Gasteiger partial charge in [0.2, 0.25) is 5.91 Å². The van der Waals surface area contributed by atoms with E-state index in [1.165, 1.54) is 0 Å². The Morgan fingerprint density at radius 1 is 1.25 bits per heavy atom. The highest BCUT2D eigenvalue weighted by Crippen LogP contribution is 2.31. The van der Waals surface area contributed by atoms with Crippen LogP contribution in [-0.2, 0) is 4.79 Å². The van der Waals surface area contributed by atoms with Gasteiger partial charge in [-0.15, -0.1) is 10.2 Å². The number of benzene rings is 1. The maximum atomic E-state index is 12.9. The van der Waals surface area contributed by atoms with Gasteiger partial charge < -0.3 is 9.80 Å². The molecule has 0 radical (unpaired) electrons. The van der Waals surface area contributed by atoms with Gasteiger partial charge >= 0.3 is 0 Å². The number of fused-ring (bicyclic) bond motifs is 1. The molecule has 0 saturated carbocycles. The van der Waals surface area contributed by atoms with Gasteiger partial charge in [0.15, 0.2) is 0 Å². The summed E-state index contributed by atoms with van der Waals surface area (Å²) in [6.45, 7) is 1.34. The van der Waals surface area contributed by atoms with Gasteiger partial charge in [-0.1, -0.05) is 6.07 Å². The number of carbonyl (C=O) groups is 2. The predicted molar refractivity (Wildman–Crippen MR) is 86.5 cm³/mol. The summed E-state index contributed by atoms with van der Waals surface area (Å²) in [7, 11) is 1.87. The molecule has 4 rings (SSSR count). The number of piperidine rings is 1. The summed E-state index contributed by atoms with van der Waals surface area (Å²) in [4.78, 5) is 28.5. The molecule has 0 bridgehead atoms. The van der Waals surface area contributed by atoms with Crippen molar-refractivity contribution >= 4 is 11.8 Å². The second kappa shape index (κ2) is 5.74. The molecule has 0 spiro atoms. The maximum Gasteiger partial charge on any atom is 0.253 e. The van der Waals surface area contributed by atoms with Gasteiger partial charge in [0, 0.05) is 49.8 Å². The summed E-state index contributed by atoms with van der Waals surface area (Å²) in [5.74, 6) is 0.459. The second-order valence-corrected chi connectivity index (χ2v) is 6.50. The Morgan fingerprint density at radius 3 is 2.83 bits per heavy atom. The average Bonchev–Trinajstić information content (AvgIpc) is 3.23. The van der Waals surface area contributed by atoms with Crippen molar-refractivity contribution in [3.8, 4) is 5.69 Å². The molecule has 7 nitrogen and oxygen atoms in total. The molecule has 2 aliphatic rings. The first-order chi connectivity index (χ1) is 11.6. The smallest absolute Gasteiger partial charge is 0.253 e. The number of carbonyl (C=O) groups excluding carboxylic acids is 2. The number of hydrogen-bond donors (Lipinski definition) is 0. The average molecular weight is 325 g/mol. The molecule has 3 heterocycles. The number of likely N-dealkylation sites (tertiary alicyclic amines) is 2. The zero-order chi connectivity index (χ0) is 16.7. The van der Waals surface area contributed by atoms with E-state index < -0.39 is 0 Å². The predicted octanol–water partition coefficient (Wildman–Crippen LogP) is 0.960. The van der Waals surface area contributed by atoms with Gasteiger partial charge in [-0.05, 0) is 24.6 Å². The number of rotatable bonds is 2. The van der Waals surface area contributed by atoms with Crippen LogP contribution in [0, 0.1) is 5.92 Å². The van der Waals surface area contributed by atoms with Crippen molar-refractivity contribution in [3.63, 3.8) is 0 Å². The third-order valence-electron chi connectivity index (χ3n) is 5.12. The van der Waals surface area contributed by atoms with E-state index in [2.05, 4.69) is 10.2 Å². The van der Waals surface area contributed by atoms with Crippen LogP contribution in [0.1, 0.15) is 23.2 Å². The molecule has 0 unspecified atom stereocenters. The number of amides is 2. The highest BCUT2D eigenvalue weighted by Gasteiger charge is 2.41. The fourth-order valence-electron chi connectivity index (χ4n) is 3.78. The van der Waals surface area contributed by atoms with Crippen LogP contribution in [-0.4, -0.2) is 62.6 Å². The van der Waals surface area contributed by atoms with Crippen LogP contribution >= 0.6 is 0 Å². The summed E-state index contributed by atoms with van der Waals surface area (Å²) >= 11 is 0. The normalized spacial score (nSPS) is 23.5. The zero-order valence-electron chi connectivity index (χ0n) is 13.5. The molecule has 0 N–H and O–H groups in total. The topological polar surface area (TPSA) is 71.3 Å². The van der Waals surface area contributed by atoms with Crippen LogP contribution < -0.4 is 0 Å². The molecule has 2 saturated heterocycles. The molecule has 0 aliphatic carbocycles. The number of nitrogens with zero attached hydrogens (tertiary/aromatic N) is 5. The summed E-state index contributed by atoms with van der Waals surface area (Å²) < 4.78 is 1.77.